The molecule has 0 aromatic carbocycles. The van der Waals surface area contributed by atoms with Crippen LogP contribution in [-0.4, -0.2) is 65.4 Å². The number of hydrogen-bond acceptors (Lipinski definition) is 4. The molecule has 1 fully saturated rings. The summed E-state index contributed by atoms with van der Waals surface area (Å²) in [5, 5.41) is 2.89. The average Bonchev–Trinajstić information content (AvgIpc) is 2.47. The Morgan fingerprint density at radius 1 is 1.23 bits per heavy atom. The number of rotatable bonds is 4. The number of carbonyl (C=O) groups excluding carboxylic acids is 2. The molecule has 0 saturated carbocycles. The van der Waals surface area contributed by atoms with E-state index in [4.69, 9.17) is 0 Å². The highest BCUT2D eigenvalue weighted by atomic mass is 16.2. The predicted molar refractivity (Wildman–Crippen MR) is 84.6 cm³/mol. The summed E-state index contributed by atoms with van der Waals surface area (Å²) in [6, 6.07) is 3.82. The van der Waals surface area contributed by atoms with Crippen LogP contribution in [0.15, 0.2) is 18.3 Å². The van der Waals surface area contributed by atoms with Crippen molar-refractivity contribution >= 4 is 11.8 Å². The van der Waals surface area contributed by atoms with E-state index >= 15 is 0 Å². The van der Waals surface area contributed by atoms with Gasteiger partial charge in [-0.2, -0.15) is 0 Å². The molecule has 1 saturated heterocycles. The molecule has 2 amide bonds. The lowest BCUT2D eigenvalue weighted by Gasteiger charge is -2.34. The fraction of sp³-hybridized carbons (Fsp3) is 0.562. The topological polar surface area (TPSA) is 65.5 Å². The summed E-state index contributed by atoms with van der Waals surface area (Å²) in [6.45, 7) is 8.91. The van der Waals surface area contributed by atoms with Gasteiger partial charge in [-0.15, -0.1) is 0 Å². The van der Waals surface area contributed by atoms with Crippen LogP contribution in [0.1, 0.15) is 29.9 Å². The zero-order valence-electron chi connectivity index (χ0n) is 13.5. The van der Waals surface area contributed by atoms with Crippen molar-refractivity contribution < 1.29 is 9.59 Å². The molecule has 1 aliphatic rings. The second kappa shape index (κ2) is 7.35. The molecular formula is C16H24N4O2. The Bertz CT molecular complexity index is 519. The van der Waals surface area contributed by atoms with Gasteiger partial charge < -0.3 is 10.2 Å². The Balaban J connectivity index is 1.83. The Morgan fingerprint density at radius 3 is 2.45 bits per heavy atom. The summed E-state index contributed by atoms with van der Waals surface area (Å²) in [5.41, 5.74) is 1.52. The van der Waals surface area contributed by atoms with Gasteiger partial charge in [0.05, 0.1) is 12.1 Å². The van der Waals surface area contributed by atoms with Crippen LogP contribution in [-0.2, 0) is 4.79 Å². The zero-order chi connectivity index (χ0) is 16.1. The van der Waals surface area contributed by atoms with Crippen molar-refractivity contribution in [2.75, 3.05) is 32.7 Å². The van der Waals surface area contributed by atoms with Crippen LogP contribution in [0, 0.1) is 6.92 Å². The van der Waals surface area contributed by atoms with E-state index in [0.29, 0.717) is 25.2 Å². The van der Waals surface area contributed by atoms with Crippen molar-refractivity contribution in [3.8, 4) is 0 Å². The van der Waals surface area contributed by atoms with Gasteiger partial charge in [0.2, 0.25) is 5.91 Å². The fourth-order valence-corrected chi connectivity index (χ4v) is 2.46. The molecule has 6 nitrogen and oxygen atoms in total. The van der Waals surface area contributed by atoms with Crippen LogP contribution < -0.4 is 5.32 Å². The molecular weight excluding hydrogens is 280 g/mol. The van der Waals surface area contributed by atoms with Gasteiger partial charge in [0, 0.05) is 44.1 Å². The highest BCUT2D eigenvalue weighted by Crippen LogP contribution is 2.08. The SMILES string of the molecule is Cc1ccc(C(=O)N2CCN(CC(=O)NC(C)C)CC2)cn1. The minimum absolute atomic E-state index is 0.0128. The molecule has 0 bridgehead atoms. The normalized spacial score (nSPS) is 15.9. The molecule has 120 valence electrons. The Kier molecular flexibility index (Phi) is 5.49. The number of hydrogen-bond donors (Lipinski definition) is 1. The highest BCUT2D eigenvalue weighted by Gasteiger charge is 2.23. The van der Waals surface area contributed by atoms with Gasteiger partial charge in [-0.25, -0.2) is 0 Å². The zero-order valence-corrected chi connectivity index (χ0v) is 13.5. The maximum Gasteiger partial charge on any atom is 0.255 e. The first kappa shape index (κ1) is 16.4. The molecule has 1 N–H and O–H groups in total. The summed E-state index contributed by atoms with van der Waals surface area (Å²) in [5.74, 6) is 0.0521. The van der Waals surface area contributed by atoms with E-state index in [2.05, 4.69) is 15.2 Å². The smallest absolute Gasteiger partial charge is 0.255 e. The largest absolute Gasteiger partial charge is 0.353 e. The maximum absolute atomic E-state index is 12.4. The van der Waals surface area contributed by atoms with E-state index in [1.165, 1.54) is 0 Å². The van der Waals surface area contributed by atoms with E-state index in [9.17, 15) is 9.59 Å². The molecule has 0 unspecified atom stereocenters. The number of carbonyl (C=O) groups is 2. The first-order valence-electron chi connectivity index (χ1n) is 7.69. The van der Waals surface area contributed by atoms with E-state index in [0.717, 1.165) is 18.8 Å². The summed E-state index contributed by atoms with van der Waals surface area (Å²) >= 11 is 0. The van der Waals surface area contributed by atoms with Crippen molar-refractivity contribution in [3.05, 3.63) is 29.6 Å². The number of nitrogens with one attached hydrogen (secondary N) is 1. The molecule has 22 heavy (non-hydrogen) atoms. The number of amides is 2. The van der Waals surface area contributed by atoms with Crippen LogP contribution >= 0.6 is 0 Å². The van der Waals surface area contributed by atoms with Gasteiger partial charge in [0.25, 0.3) is 5.91 Å². The molecule has 1 aromatic rings. The molecule has 1 aliphatic heterocycles. The summed E-state index contributed by atoms with van der Waals surface area (Å²) in [4.78, 5) is 32.2. The van der Waals surface area contributed by atoms with E-state index in [1.54, 1.807) is 6.20 Å². The number of aryl methyl sites for hydroxylation is 1. The van der Waals surface area contributed by atoms with Crippen LogP contribution in [0.3, 0.4) is 0 Å². The summed E-state index contributed by atoms with van der Waals surface area (Å²) in [7, 11) is 0. The van der Waals surface area contributed by atoms with Crippen molar-refractivity contribution in [3.63, 3.8) is 0 Å². The van der Waals surface area contributed by atoms with Gasteiger partial charge in [0.1, 0.15) is 0 Å². The van der Waals surface area contributed by atoms with Gasteiger partial charge in [-0.1, -0.05) is 0 Å². The van der Waals surface area contributed by atoms with Gasteiger partial charge in [-0.05, 0) is 32.9 Å². The number of piperazine rings is 1. The standard InChI is InChI=1S/C16H24N4O2/c1-12(2)18-15(21)11-19-6-8-20(9-7-19)16(22)14-5-4-13(3)17-10-14/h4-5,10,12H,6-9,11H2,1-3H3,(H,18,21). The minimum atomic E-state index is 0.0128. The number of pyridine rings is 1. The quantitative estimate of drug-likeness (QED) is 0.888. The molecule has 1 aromatic heterocycles. The molecule has 2 heterocycles. The summed E-state index contributed by atoms with van der Waals surface area (Å²) in [6.07, 6.45) is 1.63. The second-order valence-electron chi connectivity index (χ2n) is 5.98. The van der Waals surface area contributed by atoms with Gasteiger partial charge in [0.15, 0.2) is 0 Å². The van der Waals surface area contributed by atoms with Crippen LogP contribution in [0.4, 0.5) is 0 Å². The van der Waals surface area contributed by atoms with Crippen molar-refractivity contribution in [2.24, 2.45) is 0 Å². The van der Waals surface area contributed by atoms with Crippen LogP contribution in [0.25, 0.3) is 0 Å². The minimum Gasteiger partial charge on any atom is -0.353 e. The van der Waals surface area contributed by atoms with Crippen molar-refractivity contribution in [2.45, 2.75) is 26.8 Å². The maximum atomic E-state index is 12.4. The monoisotopic (exact) mass is 304 g/mol. The van der Waals surface area contributed by atoms with Crippen LogP contribution in [0.5, 0.6) is 0 Å². The highest BCUT2D eigenvalue weighted by molar-refractivity contribution is 5.94. The third-order valence-corrected chi connectivity index (χ3v) is 3.63. The summed E-state index contributed by atoms with van der Waals surface area (Å²) < 4.78 is 0. The first-order chi connectivity index (χ1) is 10.5. The third-order valence-electron chi connectivity index (χ3n) is 3.63. The average molecular weight is 304 g/mol. The molecule has 0 atom stereocenters. The van der Waals surface area contributed by atoms with E-state index in [-0.39, 0.29) is 17.9 Å². The lowest BCUT2D eigenvalue weighted by atomic mass is 10.2. The Morgan fingerprint density at radius 2 is 1.91 bits per heavy atom. The van der Waals surface area contributed by atoms with E-state index < -0.39 is 0 Å². The van der Waals surface area contributed by atoms with Crippen molar-refractivity contribution in [1.29, 1.82) is 0 Å². The lowest BCUT2D eigenvalue weighted by molar-refractivity contribution is -0.123. The molecule has 0 spiro atoms. The second-order valence-corrected chi connectivity index (χ2v) is 5.98. The fourth-order valence-electron chi connectivity index (χ4n) is 2.46. The molecule has 0 aliphatic carbocycles. The first-order valence-corrected chi connectivity index (χ1v) is 7.69. The predicted octanol–water partition coefficient (Wildman–Crippen LogP) is 0.672. The van der Waals surface area contributed by atoms with Gasteiger partial charge in [-0.3, -0.25) is 19.5 Å². The third kappa shape index (κ3) is 4.53. The lowest BCUT2D eigenvalue weighted by Crippen LogP contribution is -2.51. The van der Waals surface area contributed by atoms with Crippen LogP contribution in [0.2, 0.25) is 0 Å². The van der Waals surface area contributed by atoms with Gasteiger partial charge >= 0.3 is 0 Å². The Hall–Kier alpha value is -1.95. The molecule has 0 radical (unpaired) electrons. The van der Waals surface area contributed by atoms with E-state index in [1.807, 2.05) is 37.8 Å². The number of nitrogens with zero attached hydrogens (tertiary/aromatic N) is 3. The molecule has 6 heteroatoms. The van der Waals surface area contributed by atoms with Crippen molar-refractivity contribution in [1.82, 2.24) is 20.1 Å². The molecule has 2 rings (SSSR count). The Labute approximate surface area is 131 Å². The number of aromatic nitrogens is 1.